The van der Waals surface area contributed by atoms with Crippen molar-refractivity contribution in [2.75, 3.05) is 13.7 Å². The van der Waals surface area contributed by atoms with Crippen LogP contribution in [0.25, 0.3) is 0 Å². The highest BCUT2D eigenvalue weighted by Gasteiger charge is 2.03. The maximum atomic E-state index is 11.3. The summed E-state index contributed by atoms with van der Waals surface area (Å²) < 4.78 is 26.5. The van der Waals surface area contributed by atoms with Crippen LogP contribution in [0.5, 0.6) is 0 Å². The highest BCUT2D eigenvalue weighted by molar-refractivity contribution is 5.66. The minimum atomic E-state index is -2.52. The number of amides is 1. The predicted molar refractivity (Wildman–Crippen MR) is 26.4 cm³/mol. The Morgan fingerprint density at radius 3 is 2.67 bits per heavy atom. The Bertz CT molecular complexity index is 96.6. The van der Waals surface area contributed by atoms with Gasteiger partial charge in [-0.1, -0.05) is 0 Å². The number of nitrogens with one attached hydrogen (secondary N) is 1. The Kier molecular flexibility index (Phi) is 3.66. The summed E-state index contributed by atoms with van der Waals surface area (Å²) in [5, 5.41) is 1.82. The maximum Gasteiger partial charge on any atom is 0.407 e. The molecule has 0 atom stereocenters. The van der Waals surface area contributed by atoms with E-state index >= 15 is 0 Å². The molecule has 3 nitrogen and oxygen atoms in total. The van der Waals surface area contributed by atoms with E-state index in [9.17, 15) is 13.6 Å². The quantitative estimate of drug-likeness (QED) is 0.608. The van der Waals surface area contributed by atoms with Crippen LogP contribution in [0.4, 0.5) is 13.6 Å². The molecule has 9 heavy (non-hydrogen) atoms. The van der Waals surface area contributed by atoms with E-state index in [0.29, 0.717) is 0 Å². The van der Waals surface area contributed by atoms with E-state index in [-0.39, 0.29) is 0 Å². The molecule has 0 spiro atoms. The molecule has 0 aromatic rings. The maximum absolute atomic E-state index is 11.3. The number of hydrogen-bond donors (Lipinski definition) is 1. The molecule has 0 fully saturated rings. The van der Waals surface area contributed by atoms with Crippen molar-refractivity contribution >= 4 is 6.09 Å². The van der Waals surface area contributed by atoms with Gasteiger partial charge in [-0.2, -0.15) is 0 Å². The number of alkyl carbamates (subject to hydrolysis) is 1. The van der Waals surface area contributed by atoms with E-state index in [1.807, 2.05) is 5.32 Å². The lowest BCUT2D eigenvalue weighted by molar-refractivity contribution is 0.130. The van der Waals surface area contributed by atoms with Gasteiger partial charge in [-0.15, -0.1) is 0 Å². The van der Waals surface area contributed by atoms with Crippen molar-refractivity contribution < 1.29 is 18.3 Å². The molecule has 0 saturated carbocycles. The van der Waals surface area contributed by atoms with Crippen LogP contribution in [0.15, 0.2) is 0 Å². The second-order valence-electron chi connectivity index (χ2n) is 1.26. The first-order valence-electron chi connectivity index (χ1n) is 2.26. The third kappa shape index (κ3) is 4.99. The largest absolute Gasteiger partial charge is 0.453 e. The Balaban J connectivity index is 3.17. The molecule has 0 radical (unpaired) electrons. The number of carbonyl (C=O) groups excluding carboxylic acids is 1. The fourth-order valence-corrected chi connectivity index (χ4v) is 0.233. The Labute approximate surface area is 51.0 Å². The second kappa shape index (κ2) is 4.05. The lowest BCUT2D eigenvalue weighted by Gasteiger charge is -2.00. The van der Waals surface area contributed by atoms with E-state index in [1.54, 1.807) is 0 Å². The zero-order valence-electron chi connectivity index (χ0n) is 4.86. The van der Waals surface area contributed by atoms with Crippen molar-refractivity contribution in [3.8, 4) is 0 Å². The van der Waals surface area contributed by atoms with Crippen molar-refractivity contribution in [1.82, 2.24) is 5.32 Å². The molecular formula is C4H7F2NO2. The second-order valence-corrected chi connectivity index (χ2v) is 1.26. The van der Waals surface area contributed by atoms with Crippen LogP contribution in [0, 0.1) is 0 Å². The fraction of sp³-hybridized carbons (Fsp3) is 0.750. The van der Waals surface area contributed by atoms with Gasteiger partial charge >= 0.3 is 6.09 Å². The SMILES string of the molecule is COC(=O)NCC(F)F. The van der Waals surface area contributed by atoms with Gasteiger partial charge in [-0.3, -0.25) is 0 Å². The molecule has 0 heterocycles. The molecule has 0 rings (SSSR count). The zero-order valence-corrected chi connectivity index (χ0v) is 4.86. The van der Waals surface area contributed by atoms with Crippen LogP contribution in [-0.4, -0.2) is 26.2 Å². The van der Waals surface area contributed by atoms with Crippen LogP contribution in [0.3, 0.4) is 0 Å². The smallest absolute Gasteiger partial charge is 0.407 e. The zero-order chi connectivity index (χ0) is 7.28. The van der Waals surface area contributed by atoms with Gasteiger partial charge in [0.1, 0.15) is 0 Å². The lowest BCUT2D eigenvalue weighted by atomic mass is 10.7. The lowest BCUT2D eigenvalue weighted by Crippen LogP contribution is -2.27. The average molecular weight is 139 g/mol. The molecule has 0 aliphatic carbocycles. The van der Waals surface area contributed by atoms with Gasteiger partial charge in [0.25, 0.3) is 6.43 Å². The molecule has 1 N–H and O–H groups in total. The first-order valence-corrected chi connectivity index (χ1v) is 2.26. The molecule has 0 bridgehead atoms. The van der Waals surface area contributed by atoms with Gasteiger partial charge < -0.3 is 10.1 Å². The van der Waals surface area contributed by atoms with Crippen LogP contribution >= 0.6 is 0 Å². The van der Waals surface area contributed by atoms with Crippen LogP contribution in [0.1, 0.15) is 0 Å². The number of ether oxygens (including phenoxy) is 1. The molecule has 0 aliphatic heterocycles. The molecule has 5 heteroatoms. The number of rotatable bonds is 2. The van der Waals surface area contributed by atoms with Crippen LogP contribution < -0.4 is 5.32 Å². The van der Waals surface area contributed by atoms with Crippen LogP contribution in [0.2, 0.25) is 0 Å². The van der Waals surface area contributed by atoms with Gasteiger partial charge in [0.15, 0.2) is 0 Å². The van der Waals surface area contributed by atoms with E-state index in [2.05, 4.69) is 4.74 Å². The summed E-state index contributed by atoms with van der Waals surface area (Å²) in [7, 11) is 1.11. The van der Waals surface area contributed by atoms with Crippen molar-refractivity contribution in [1.29, 1.82) is 0 Å². The predicted octanol–water partition coefficient (Wildman–Crippen LogP) is 0.607. The first kappa shape index (κ1) is 8.13. The van der Waals surface area contributed by atoms with Crippen molar-refractivity contribution in [2.45, 2.75) is 6.43 Å². The van der Waals surface area contributed by atoms with Crippen molar-refractivity contribution in [2.24, 2.45) is 0 Å². The third-order valence-corrected chi connectivity index (χ3v) is 0.586. The Hall–Kier alpha value is -0.870. The van der Waals surface area contributed by atoms with E-state index in [1.165, 1.54) is 0 Å². The summed E-state index contributed by atoms with van der Waals surface area (Å²) in [5.41, 5.74) is 0. The van der Waals surface area contributed by atoms with Gasteiger partial charge in [0.05, 0.1) is 13.7 Å². The minimum Gasteiger partial charge on any atom is -0.453 e. The van der Waals surface area contributed by atoms with Gasteiger partial charge in [-0.05, 0) is 0 Å². The van der Waals surface area contributed by atoms with Gasteiger partial charge in [0.2, 0.25) is 0 Å². The number of alkyl halides is 2. The summed E-state index contributed by atoms with van der Waals surface area (Å²) in [6.07, 6.45) is -3.36. The molecular weight excluding hydrogens is 132 g/mol. The minimum absolute atomic E-state index is 0.660. The summed E-state index contributed by atoms with van der Waals surface area (Å²) in [6, 6.07) is 0. The monoisotopic (exact) mass is 139 g/mol. The first-order chi connectivity index (χ1) is 4.16. The summed E-state index contributed by atoms with van der Waals surface area (Å²) >= 11 is 0. The van der Waals surface area contributed by atoms with Crippen molar-refractivity contribution in [3.05, 3.63) is 0 Å². The Morgan fingerprint density at radius 1 is 1.78 bits per heavy atom. The van der Waals surface area contributed by atoms with E-state index < -0.39 is 19.1 Å². The molecule has 0 aromatic carbocycles. The topological polar surface area (TPSA) is 38.3 Å². The molecule has 0 aliphatic rings. The van der Waals surface area contributed by atoms with E-state index in [4.69, 9.17) is 0 Å². The number of carbonyl (C=O) groups is 1. The van der Waals surface area contributed by atoms with Crippen LogP contribution in [-0.2, 0) is 4.74 Å². The fourth-order valence-electron chi connectivity index (χ4n) is 0.233. The number of methoxy groups -OCH3 is 1. The summed E-state index contributed by atoms with van der Waals surface area (Å²) in [4.78, 5) is 10.0. The summed E-state index contributed by atoms with van der Waals surface area (Å²) in [6.45, 7) is -0.660. The summed E-state index contributed by atoms with van der Waals surface area (Å²) in [5.74, 6) is 0. The standard InChI is InChI=1S/C4H7F2NO2/c1-9-4(8)7-2-3(5)6/h3H,2H2,1H3,(H,7,8). The highest BCUT2D eigenvalue weighted by Crippen LogP contribution is 1.87. The number of hydrogen-bond acceptors (Lipinski definition) is 2. The molecule has 54 valence electrons. The normalized spacial score (nSPS) is 9.33. The third-order valence-electron chi connectivity index (χ3n) is 0.586. The number of halogens is 2. The Morgan fingerprint density at radius 2 is 2.33 bits per heavy atom. The van der Waals surface area contributed by atoms with Gasteiger partial charge in [-0.25, -0.2) is 13.6 Å². The molecule has 0 saturated heterocycles. The molecule has 1 amide bonds. The molecule has 0 unspecified atom stereocenters. The average Bonchev–Trinajstić information content (AvgIpc) is 1.83. The van der Waals surface area contributed by atoms with Gasteiger partial charge in [0, 0.05) is 0 Å². The molecule has 0 aromatic heterocycles. The van der Waals surface area contributed by atoms with E-state index in [0.717, 1.165) is 7.11 Å². The van der Waals surface area contributed by atoms with Crippen molar-refractivity contribution in [3.63, 3.8) is 0 Å². The highest BCUT2D eigenvalue weighted by atomic mass is 19.3.